The lowest BCUT2D eigenvalue weighted by Crippen LogP contribution is -2.30. The van der Waals surface area contributed by atoms with E-state index >= 15 is 0 Å². The van der Waals surface area contributed by atoms with Crippen LogP contribution in [0.2, 0.25) is 0 Å². The highest BCUT2D eigenvalue weighted by Gasteiger charge is 2.33. The van der Waals surface area contributed by atoms with Crippen LogP contribution >= 0.6 is 0 Å². The van der Waals surface area contributed by atoms with Crippen molar-refractivity contribution in [3.63, 3.8) is 0 Å². The number of nitrogens with zero attached hydrogens (tertiary/aromatic N) is 3. The summed E-state index contributed by atoms with van der Waals surface area (Å²) in [5.74, 6) is 1.17. The Hall–Kier alpha value is -1.16. The zero-order valence-corrected chi connectivity index (χ0v) is 8.51. The van der Waals surface area contributed by atoms with E-state index in [0.717, 1.165) is 12.8 Å². The van der Waals surface area contributed by atoms with Gasteiger partial charge in [0.1, 0.15) is 11.9 Å². The summed E-state index contributed by atoms with van der Waals surface area (Å²) >= 11 is 0. The molecule has 0 spiro atoms. The van der Waals surface area contributed by atoms with Crippen LogP contribution in [0.25, 0.3) is 0 Å². The molecule has 2 atom stereocenters. The van der Waals surface area contributed by atoms with Gasteiger partial charge in [-0.15, -0.1) is 0 Å². The monoisotopic (exact) mass is 193 g/mol. The van der Waals surface area contributed by atoms with E-state index in [0.29, 0.717) is 11.7 Å². The molecule has 1 heterocycles. The molecule has 0 bridgehead atoms. The van der Waals surface area contributed by atoms with E-state index in [9.17, 15) is 5.11 Å². The van der Waals surface area contributed by atoms with Gasteiger partial charge < -0.3 is 5.11 Å². The third-order valence-corrected chi connectivity index (χ3v) is 2.78. The highest BCUT2D eigenvalue weighted by molar-refractivity contribution is 5.16. The van der Waals surface area contributed by atoms with Crippen molar-refractivity contribution < 1.29 is 5.11 Å². The molecule has 1 aromatic heterocycles. The van der Waals surface area contributed by atoms with Crippen LogP contribution in [0.5, 0.6) is 0 Å². The average Bonchev–Trinajstić information content (AvgIpc) is 2.58. The first-order valence-corrected chi connectivity index (χ1v) is 4.88. The zero-order valence-electron chi connectivity index (χ0n) is 8.51. The van der Waals surface area contributed by atoms with Gasteiger partial charge >= 0.3 is 0 Å². The first-order valence-electron chi connectivity index (χ1n) is 4.88. The maximum atomic E-state index is 10.3. The minimum atomic E-state index is -0.919. The van der Waals surface area contributed by atoms with Crippen LogP contribution in [0.15, 0.2) is 18.5 Å². The normalized spacial score (nSPS) is 32.1. The lowest BCUT2D eigenvalue weighted by Gasteiger charge is -2.28. The first kappa shape index (κ1) is 9.40. The van der Waals surface area contributed by atoms with Crippen LogP contribution in [-0.4, -0.2) is 19.9 Å². The summed E-state index contributed by atoms with van der Waals surface area (Å²) in [4.78, 5) is 4.09. The molecule has 0 saturated heterocycles. The summed E-state index contributed by atoms with van der Waals surface area (Å²) < 4.78 is 1.63. The maximum absolute atomic E-state index is 10.3. The van der Waals surface area contributed by atoms with Gasteiger partial charge in [-0.25, -0.2) is 4.98 Å². The van der Waals surface area contributed by atoms with Gasteiger partial charge in [-0.2, -0.15) is 5.10 Å². The van der Waals surface area contributed by atoms with Crippen molar-refractivity contribution in [1.82, 2.24) is 14.8 Å². The van der Waals surface area contributed by atoms with Crippen molar-refractivity contribution in [2.45, 2.75) is 25.4 Å². The SMILES string of the molecule is CC1C=CC(O)(c2ncnn2C)CC1. The van der Waals surface area contributed by atoms with Crippen molar-refractivity contribution in [2.24, 2.45) is 13.0 Å². The van der Waals surface area contributed by atoms with Crippen molar-refractivity contribution >= 4 is 0 Å². The molecule has 76 valence electrons. The summed E-state index contributed by atoms with van der Waals surface area (Å²) in [5.41, 5.74) is -0.919. The molecule has 2 unspecified atom stereocenters. The van der Waals surface area contributed by atoms with Crippen LogP contribution in [0, 0.1) is 5.92 Å². The summed E-state index contributed by atoms with van der Waals surface area (Å²) in [6.45, 7) is 2.15. The van der Waals surface area contributed by atoms with E-state index in [4.69, 9.17) is 0 Å². The molecule has 0 radical (unpaired) electrons. The molecule has 0 amide bonds. The predicted octanol–water partition coefficient (Wildman–Crippen LogP) is 0.989. The quantitative estimate of drug-likeness (QED) is 0.677. The van der Waals surface area contributed by atoms with E-state index in [-0.39, 0.29) is 0 Å². The standard InChI is InChI=1S/C10H15N3O/c1-8-3-5-10(14,6-4-8)9-11-7-12-13(9)2/h3,5,7-8,14H,4,6H2,1-2H3. The second-order valence-corrected chi connectivity index (χ2v) is 4.01. The topological polar surface area (TPSA) is 50.9 Å². The van der Waals surface area contributed by atoms with Crippen LogP contribution < -0.4 is 0 Å². The van der Waals surface area contributed by atoms with Crippen molar-refractivity contribution in [1.29, 1.82) is 0 Å². The number of hydrogen-bond acceptors (Lipinski definition) is 3. The van der Waals surface area contributed by atoms with E-state index in [1.807, 2.05) is 12.2 Å². The minimum absolute atomic E-state index is 0.545. The number of aliphatic hydroxyl groups is 1. The van der Waals surface area contributed by atoms with Gasteiger partial charge in [-0.3, -0.25) is 4.68 Å². The van der Waals surface area contributed by atoms with E-state index in [1.54, 1.807) is 11.7 Å². The fraction of sp³-hybridized carbons (Fsp3) is 0.600. The smallest absolute Gasteiger partial charge is 0.162 e. The zero-order chi connectivity index (χ0) is 10.2. The average molecular weight is 193 g/mol. The molecule has 0 aromatic carbocycles. The molecule has 4 nitrogen and oxygen atoms in total. The lowest BCUT2D eigenvalue weighted by atomic mass is 9.85. The molecule has 1 aliphatic carbocycles. The largest absolute Gasteiger partial charge is 0.378 e. The van der Waals surface area contributed by atoms with Gasteiger partial charge in [-0.05, 0) is 24.8 Å². The molecule has 4 heteroatoms. The van der Waals surface area contributed by atoms with E-state index in [2.05, 4.69) is 17.0 Å². The third kappa shape index (κ3) is 1.46. The maximum Gasteiger partial charge on any atom is 0.162 e. The fourth-order valence-corrected chi connectivity index (χ4v) is 1.83. The van der Waals surface area contributed by atoms with Gasteiger partial charge in [0, 0.05) is 7.05 Å². The molecule has 14 heavy (non-hydrogen) atoms. The Kier molecular flexibility index (Phi) is 2.15. The second kappa shape index (κ2) is 3.20. The summed E-state index contributed by atoms with van der Waals surface area (Å²) in [6.07, 6.45) is 7.06. The number of rotatable bonds is 1. The number of allylic oxidation sites excluding steroid dienone is 1. The molecule has 0 aliphatic heterocycles. The van der Waals surface area contributed by atoms with Gasteiger partial charge in [0.25, 0.3) is 0 Å². The summed E-state index contributed by atoms with van der Waals surface area (Å²) in [6, 6.07) is 0. The van der Waals surface area contributed by atoms with Crippen LogP contribution in [0.3, 0.4) is 0 Å². The highest BCUT2D eigenvalue weighted by atomic mass is 16.3. The Morgan fingerprint density at radius 2 is 2.43 bits per heavy atom. The Labute approximate surface area is 83.3 Å². The minimum Gasteiger partial charge on any atom is -0.378 e. The molecular formula is C10H15N3O. The summed E-state index contributed by atoms with van der Waals surface area (Å²) in [5, 5.41) is 14.3. The molecular weight excluding hydrogens is 178 g/mol. The predicted molar refractivity (Wildman–Crippen MR) is 52.4 cm³/mol. The van der Waals surface area contributed by atoms with Crippen molar-refractivity contribution in [3.8, 4) is 0 Å². The third-order valence-electron chi connectivity index (χ3n) is 2.78. The van der Waals surface area contributed by atoms with Crippen LogP contribution in [0.1, 0.15) is 25.6 Å². The van der Waals surface area contributed by atoms with Gasteiger partial charge in [0.05, 0.1) is 0 Å². The van der Waals surface area contributed by atoms with Crippen LogP contribution in [0.4, 0.5) is 0 Å². The van der Waals surface area contributed by atoms with Gasteiger partial charge in [0.2, 0.25) is 0 Å². The Balaban J connectivity index is 2.34. The molecule has 1 aliphatic rings. The second-order valence-electron chi connectivity index (χ2n) is 4.01. The lowest BCUT2D eigenvalue weighted by molar-refractivity contribution is 0.0545. The Bertz CT molecular complexity index is 358. The number of hydrogen-bond donors (Lipinski definition) is 1. The Morgan fingerprint density at radius 3 is 2.93 bits per heavy atom. The van der Waals surface area contributed by atoms with Gasteiger partial charge in [-0.1, -0.05) is 13.0 Å². The molecule has 0 fully saturated rings. The van der Waals surface area contributed by atoms with Gasteiger partial charge in [0.15, 0.2) is 5.82 Å². The van der Waals surface area contributed by atoms with Crippen LogP contribution in [-0.2, 0) is 12.6 Å². The van der Waals surface area contributed by atoms with Crippen molar-refractivity contribution in [2.75, 3.05) is 0 Å². The summed E-state index contributed by atoms with van der Waals surface area (Å²) in [7, 11) is 1.80. The number of aryl methyl sites for hydroxylation is 1. The molecule has 1 aromatic rings. The fourth-order valence-electron chi connectivity index (χ4n) is 1.83. The highest BCUT2D eigenvalue weighted by Crippen LogP contribution is 2.32. The first-order chi connectivity index (χ1) is 6.62. The molecule has 1 N–H and O–H groups in total. The number of aromatic nitrogens is 3. The molecule has 2 rings (SSSR count). The van der Waals surface area contributed by atoms with E-state index in [1.165, 1.54) is 6.33 Å². The van der Waals surface area contributed by atoms with E-state index < -0.39 is 5.60 Å². The Morgan fingerprint density at radius 1 is 1.64 bits per heavy atom. The van der Waals surface area contributed by atoms with Crippen molar-refractivity contribution in [3.05, 3.63) is 24.3 Å². The molecule has 0 saturated carbocycles.